The minimum Gasteiger partial charge on any atom is -0.495 e. The molecule has 0 saturated carbocycles. The van der Waals surface area contributed by atoms with Crippen LogP contribution in [0.25, 0.3) is 0 Å². The summed E-state index contributed by atoms with van der Waals surface area (Å²) >= 11 is 0. The first-order valence-electron chi connectivity index (χ1n) is 7.55. The van der Waals surface area contributed by atoms with E-state index in [0.29, 0.717) is 18.0 Å². The van der Waals surface area contributed by atoms with Gasteiger partial charge >= 0.3 is 0 Å². The molecule has 2 rings (SSSR count). The standard InChI is InChI=1S/C17H21N3O4S/c1-20(11-14-4-7-15(24-2)10-18-14)12-17(21)19-13-5-8-16(9-6-13)25(3,22)23/h4-10H,11-12H2,1-3H3,(H,19,21). The largest absolute Gasteiger partial charge is 0.495 e. The lowest BCUT2D eigenvalue weighted by atomic mass is 10.3. The van der Waals surface area contributed by atoms with E-state index >= 15 is 0 Å². The maximum atomic E-state index is 12.1. The number of benzene rings is 1. The monoisotopic (exact) mass is 363 g/mol. The first-order chi connectivity index (χ1) is 11.8. The third kappa shape index (κ3) is 5.84. The van der Waals surface area contributed by atoms with Crippen LogP contribution in [0.15, 0.2) is 47.5 Å². The highest BCUT2D eigenvalue weighted by Gasteiger charge is 2.10. The number of ether oxygens (including phenoxy) is 1. The average molecular weight is 363 g/mol. The van der Waals surface area contributed by atoms with E-state index in [9.17, 15) is 13.2 Å². The van der Waals surface area contributed by atoms with Gasteiger partial charge in [-0.2, -0.15) is 0 Å². The SMILES string of the molecule is COc1ccc(CN(C)CC(=O)Nc2ccc(S(C)(=O)=O)cc2)nc1. The Morgan fingerprint density at radius 2 is 1.88 bits per heavy atom. The Kier molecular flexibility index (Phi) is 6.11. The zero-order chi connectivity index (χ0) is 18.4. The number of amides is 1. The molecule has 0 unspecified atom stereocenters. The molecule has 1 N–H and O–H groups in total. The van der Waals surface area contributed by atoms with Gasteiger partial charge in [0.1, 0.15) is 5.75 Å². The number of sulfone groups is 1. The number of rotatable bonds is 7. The number of nitrogens with zero attached hydrogens (tertiary/aromatic N) is 2. The molecule has 7 nitrogen and oxygen atoms in total. The van der Waals surface area contributed by atoms with Gasteiger partial charge in [-0.25, -0.2) is 8.42 Å². The first kappa shape index (κ1) is 18.9. The van der Waals surface area contributed by atoms with Crippen molar-refractivity contribution in [3.63, 3.8) is 0 Å². The summed E-state index contributed by atoms with van der Waals surface area (Å²) in [4.78, 5) is 18.4. The van der Waals surface area contributed by atoms with Crippen molar-refractivity contribution in [2.45, 2.75) is 11.4 Å². The van der Waals surface area contributed by atoms with Gasteiger partial charge in [-0.1, -0.05) is 0 Å². The second kappa shape index (κ2) is 8.09. The van der Waals surface area contributed by atoms with Crippen molar-refractivity contribution in [3.05, 3.63) is 48.3 Å². The Labute approximate surface area is 147 Å². The van der Waals surface area contributed by atoms with Crippen molar-refractivity contribution in [1.29, 1.82) is 0 Å². The summed E-state index contributed by atoms with van der Waals surface area (Å²) in [5.41, 5.74) is 1.38. The number of anilines is 1. The summed E-state index contributed by atoms with van der Waals surface area (Å²) in [6.45, 7) is 0.700. The van der Waals surface area contributed by atoms with E-state index < -0.39 is 9.84 Å². The molecule has 8 heteroatoms. The van der Waals surface area contributed by atoms with Crippen LogP contribution >= 0.6 is 0 Å². The second-order valence-electron chi connectivity index (χ2n) is 5.71. The molecule has 134 valence electrons. The van der Waals surface area contributed by atoms with Crippen LogP contribution < -0.4 is 10.1 Å². The number of carbonyl (C=O) groups is 1. The number of hydrogen-bond acceptors (Lipinski definition) is 6. The lowest BCUT2D eigenvalue weighted by molar-refractivity contribution is -0.117. The van der Waals surface area contributed by atoms with Crippen LogP contribution in [0.3, 0.4) is 0 Å². The van der Waals surface area contributed by atoms with E-state index in [1.54, 1.807) is 25.4 Å². The molecule has 0 aliphatic heterocycles. The number of methoxy groups -OCH3 is 1. The van der Waals surface area contributed by atoms with Crippen LogP contribution in [-0.2, 0) is 21.2 Å². The van der Waals surface area contributed by atoms with Crippen LogP contribution in [0.2, 0.25) is 0 Å². The maximum Gasteiger partial charge on any atom is 0.238 e. The zero-order valence-electron chi connectivity index (χ0n) is 14.4. The van der Waals surface area contributed by atoms with Crippen molar-refractivity contribution in [2.24, 2.45) is 0 Å². The van der Waals surface area contributed by atoms with Crippen molar-refractivity contribution >= 4 is 21.4 Å². The lowest BCUT2D eigenvalue weighted by Gasteiger charge is -2.16. The van der Waals surface area contributed by atoms with Crippen LogP contribution in [0.4, 0.5) is 5.69 Å². The van der Waals surface area contributed by atoms with Crippen molar-refractivity contribution in [1.82, 2.24) is 9.88 Å². The van der Waals surface area contributed by atoms with E-state index in [1.807, 2.05) is 24.1 Å². The maximum absolute atomic E-state index is 12.1. The summed E-state index contributed by atoms with van der Waals surface area (Å²) < 4.78 is 27.9. The number of pyridine rings is 1. The molecule has 0 bridgehead atoms. The lowest BCUT2D eigenvalue weighted by Crippen LogP contribution is -2.30. The smallest absolute Gasteiger partial charge is 0.238 e. The topological polar surface area (TPSA) is 88.6 Å². The van der Waals surface area contributed by atoms with Gasteiger partial charge in [0.2, 0.25) is 5.91 Å². The molecule has 25 heavy (non-hydrogen) atoms. The van der Waals surface area contributed by atoms with Gasteiger partial charge in [0.25, 0.3) is 0 Å². The zero-order valence-corrected chi connectivity index (χ0v) is 15.2. The van der Waals surface area contributed by atoms with Crippen LogP contribution in [0.1, 0.15) is 5.69 Å². The summed E-state index contributed by atoms with van der Waals surface area (Å²) in [6, 6.07) is 9.74. The van der Waals surface area contributed by atoms with Gasteiger partial charge in [0.05, 0.1) is 30.4 Å². The van der Waals surface area contributed by atoms with Gasteiger partial charge < -0.3 is 10.1 Å². The van der Waals surface area contributed by atoms with Crippen molar-refractivity contribution in [2.75, 3.05) is 32.3 Å². The minimum absolute atomic E-state index is 0.182. The van der Waals surface area contributed by atoms with Gasteiger partial charge in [0, 0.05) is 18.5 Å². The average Bonchev–Trinajstić information content (AvgIpc) is 2.55. The summed E-state index contributed by atoms with van der Waals surface area (Å²) in [6.07, 6.45) is 2.77. The molecule has 0 aliphatic rings. The van der Waals surface area contributed by atoms with E-state index in [2.05, 4.69) is 10.3 Å². The van der Waals surface area contributed by atoms with E-state index in [1.165, 1.54) is 12.1 Å². The van der Waals surface area contributed by atoms with E-state index in [-0.39, 0.29) is 17.3 Å². The van der Waals surface area contributed by atoms with E-state index in [0.717, 1.165) is 11.9 Å². The Morgan fingerprint density at radius 1 is 1.20 bits per heavy atom. The van der Waals surface area contributed by atoms with Crippen LogP contribution in [0.5, 0.6) is 5.75 Å². The Bertz CT molecular complexity index is 818. The molecule has 1 amide bonds. The van der Waals surface area contributed by atoms with Crippen LogP contribution in [0, 0.1) is 0 Å². The Hall–Kier alpha value is -2.45. The van der Waals surface area contributed by atoms with Crippen molar-refractivity contribution in [3.8, 4) is 5.75 Å². The summed E-state index contributed by atoms with van der Waals surface area (Å²) in [5, 5.41) is 2.74. The number of likely N-dealkylation sites (N-methyl/N-ethyl adjacent to an activating group) is 1. The molecular weight excluding hydrogens is 342 g/mol. The molecule has 0 spiro atoms. The fraction of sp³-hybridized carbons (Fsp3) is 0.294. The van der Waals surface area contributed by atoms with Gasteiger partial charge in [-0.15, -0.1) is 0 Å². The molecule has 1 aromatic heterocycles. The predicted octanol–water partition coefficient (Wildman–Crippen LogP) is 1.56. The molecule has 0 aliphatic carbocycles. The number of aromatic nitrogens is 1. The highest BCUT2D eigenvalue weighted by Crippen LogP contribution is 2.14. The third-order valence-corrected chi connectivity index (χ3v) is 4.57. The highest BCUT2D eigenvalue weighted by atomic mass is 32.2. The molecule has 0 fully saturated rings. The number of hydrogen-bond donors (Lipinski definition) is 1. The van der Waals surface area contributed by atoms with Crippen LogP contribution in [-0.4, -0.2) is 51.2 Å². The normalized spacial score (nSPS) is 11.4. The number of carbonyl (C=O) groups excluding carboxylic acids is 1. The summed E-state index contributed by atoms with van der Waals surface area (Å²) in [7, 11) is 0.153. The fourth-order valence-electron chi connectivity index (χ4n) is 2.19. The third-order valence-electron chi connectivity index (χ3n) is 3.44. The minimum atomic E-state index is -3.24. The molecule has 2 aromatic rings. The molecule has 1 heterocycles. The molecular formula is C17H21N3O4S. The Balaban J connectivity index is 1.88. The van der Waals surface area contributed by atoms with Gasteiger partial charge in [-0.05, 0) is 43.4 Å². The molecule has 1 aromatic carbocycles. The second-order valence-corrected chi connectivity index (χ2v) is 7.72. The quantitative estimate of drug-likeness (QED) is 0.803. The number of nitrogens with one attached hydrogen (secondary N) is 1. The highest BCUT2D eigenvalue weighted by molar-refractivity contribution is 7.90. The molecule has 0 radical (unpaired) electrons. The van der Waals surface area contributed by atoms with Crippen molar-refractivity contribution < 1.29 is 17.9 Å². The van der Waals surface area contributed by atoms with Gasteiger partial charge in [0.15, 0.2) is 9.84 Å². The van der Waals surface area contributed by atoms with E-state index in [4.69, 9.17) is 4.74 Å². The molecule has 0 atom stereocenters. The van der Waals surface area contributed by atoms with Gasteiger partial charge in [-0.3, -0.25) is 14.7 Å². The molecule has 0 saturated heterocycles. The summed E-state index contributed by atoms with van der Waals surface area (Å²) in [5.74, 6) is 0.491. The first-order valence-corrected chi connectivity index (χ1v) is 9.44. The predicted molar refractivity (Wildman–Crippen MR) is 95.3 cm³/mol. The fourth-order valence-corrected chi connectivity index (χ4v) is 2.82. The Morgan fingerprint density at radius 3 is 2.40 bits per heavy atom.